The molecule has 2 rings (SSSR count). The Morgan fingerprint density at radius 2 is 1.95 bits per heavy atom. The van der Waals surface area contributed by atoms with Crippen LogP contribution in [0, 0.1) is 0 Å². The van der Waals surface area contributed by atoms with Crippen LogP contribution in [0.5, 0.6) is 0 Å². The number of hydrogen-bond donors (Lipinski definition) is 0. The molecule has 0 heterocycles. The molecule has 3 heteroatoms. The second-order valence-electron chi connectivity index (χ2n) is 4.65. The first-order valence-electron chi connectivity index (χ1n) is 6.88. The van der Waals surface area contributed by atoms with E-state index in [1.165, 1.54) is 16.2 Å². The average molecular weight is 323 g/mol. The molecule has 0 bridgehead atoms. The third-order valence-electron chi connectivity index (χ3n) is 3.01. The molecule has 0 aliphatic heterocycles. The van der Waals surface area contributed by atoms with E-state index in [2.05, 4.69) is 30.3 Å². The van der Waals surface area contributed by atoms with Crippen molar-refractivity contribution in [3.63, 3.8) is 0 Å². The first kappa shape index (κ1) is 14.4. The third kappa shape index (κ3) is 5.63. The van der Waals surface area contributed by atoms with Crippen molar-refractivity contribution in [2.75, 3.05) is 6.61 Å². The Balaban J connectivity index is 1.54. The van der Waals surface area contributed by atoms with Crippen molar-refractivity contribution < 1.29 is 9.53 Å². The van der Waals surface area contributed by atoms with E-state index in [4.69, 9.17) is 4.74 Å². The van der Waals surface area contributed by atoms with Gasteiger partial charge in [-0.1, -0.05) is 0 Å². The van der Waals surface area contributed by atoms with Crippen LogP contribution in [-0.4, -0.2) is 27.3 Å². The summed E-state index contributed by atoms with van der Waals surface area (Å²) in [5, 5.41) is 1.26. The molecule has 0 unspecified atom stereocenters. The number of rotatable bonds is 7. The quantitative estimate of drug-likeness (QED) is 0.570. The van der Waals surface area contributed by atoms with Crippen LogP contribution in [0.4, 0.5) is 0 Å². The van der Waals surface area contributed by atoms with Crippen LogP contribution in [0.25, 0.3) is 0 Å². The zero-order valence-electron chi connectivity index (χ0n) is 11.1. The number of hydrogen-bond acceptors (Lipinski definition) is 2. The molecule has 0 radical (unpaired) electrons. The Labute approximate surface area is 121 Å². The molecule has 1 aromatic rings. The fourth-order valence-corrected chi connectivity index (χ4v) is 3.95. The van der Waals surface area contributed by atoms with Crippen molar-refractivity contribution in [1.29, 1.82) is 0 Å². The average Bonchev–Trinajstić information content (AvgIpc) is 2.44. The van der Waals surface area contributed by atoms with Gasteiger partial charge in [0.15, 0.2) is 0 Å². The summed E-state index contributed by atoms with van der Waals surface area (Å²) in [6.07, 6.45) is 6.53. The standard InChI is InChI=1S/C16H20O2Se/c17-14-7-6-8-15(13-14)18-11-4-5-12-19-16-9-2-1-3-10-16/h1-3,9-10,13H,4-8,11-12H2. The summed E-state index contributed by atoms with van der Waals surface area (Å²) in [5.41, 5.74) is 0. The van der Waals surface area contributed by atoms with Gasteiger partial charge in [-0.3, -0.25) is 0 Å². The number of carbonyl (C=O) groups is 1. The maximum absolute atomic E-state index is 11.2. The van der Waals surface area contributed by atoms with E-state index in [1.54, 1.807) is 6.08 Å². The van der Waals surface area contributed by atoms with Crippen molar-refractivity contribution in [3.8, 4) is 0 Å². The van der Waals surface area contributed by atoms with Crippen LogP contribution < -0.4 is 4.46 Å². The van der Waals surface area contributed by atoms with Crippen molar-refractivity contribution in [3.05, 3.63) is 42.2 Å². The summed E-state index contributed by atoms with van der Waals surface area (Å²) in [6.45, 7) is 0.754. The van der Waals surface area contributed by atoms with Crippen LogP contribution in [0.1, 0.15) is 32.1 Å². The van der Waals surface area contributed by atoms with Crippen molar-refractivity contribution in [2.24, 2.45) is 0 Å². The van der Waals surface area contributed by atoms with Crippen LogP contribution in [0.15, 0.2) is 42.2 Å². The summed E-state index contributed by atoms with van der Waals surface area (Å²) in [5.74, 6) is 1.11. The summed E-state index contributed by atoms with van der Waals surface area (Å²) in [4.78, 5) is 11.2. The minimum atomic E-state index is 0.216. The normalized spacial score (nSPS) is 15.2. The Kier molecular flexibility index (Phi) is 6.19. The van der Waals surface area contributed by atoms with Crippen LogP contribution in [-0.2, 0) is 9.53 Å². The van der Waals surface area contributed by atoms with E-state index in [0.717, 1.165) is 31.6 Å². The Bertz CT molecular complexity index is 426. The molecule has 0 N–H and O–H groups in total. The number of unbranched alkanes of at least 4 members (excludes halogenated alkanes) is 1. The predicted octanol–water partition coefficient (Wildman–Crippen LogP) is 2.87. The van der Waals surface area contributed by atoms with Crippen LogP contribution in [0.2, 0.25) is 5.32 Å². The van der Waals surface area contributed by atoms with E-state index >= 15 is 0 Å². The number of ether oxygens (including phenoxy) is 1. The van der Waals surface area contributed by atoms with Crippen molar-refractivity contribution in [1.82, 2.24) is 0 Å². The number of carbonyl (C=O) groups excluding carboxylic acids is 1. The first-order chi connectivity index (χ1) is 9.34. The van der Waals surface area contributed by atoms with Crippen molar-refractivity contribution >= 4 is 25.2 Å². The van der Waals surface area contributed by atoms with Gasteiger partial charge in [-0.2, -0.15) is 0 Å². The molecule has 2 nitrogen and oxygen atoms in total. The third-order valence-corrected chi connectivity index (χ3v) is 5.31. The van der Waals surface area contributed by atoms with Gasteiger partial charge in [-0.25, -0.2) is 0 Å². The van der Waals surface area contributed by atoms with Gasteiger partial charge < -0.3 is 0 Å². The number of ketones is 1. The minimum absolute atomic E-state index is 0.216. The monoisotopic (exact) mass is 324 g/mol. The summed E-state index contributed by atoms with van der Waals surface area (Å²) in [7, 11) is 0. The Morgan fingerprint density at radius 1 is 1.11 bits per heavy atom. The molecule has 1 aliphatic rings. The molecule has 0 atom stereocenters. The molecule has 0 aromatic heterocycles. The van der Waals surface area contributed by atoms with E-state index in [1.807, 2.05) is 0 Å². The molecule has 0 fully saturated rings. The van der Waals surface area contributed by atoms with Crippen LogP contribution >= 0.6 is 0 Å². The zero-order valence-corrected chi connectivity index (χ0v) is 12.9. The molecule has 0 saturated heterocycles. The molecule has 0 saturated carbocycles. The maximum atomic E-state index is 11.2. The molecular formula is C16H20O2Se. The van der Waals surface area contributed by atoms with E-state index in [-0.39, 0.29) is 5.78 Å². The predicted molar refractivity (Wildman–Crippen MR) is 78.8 cm³/mol. The SMILES string of the molecule is O=C1C=C(OCCCC[Se]c2ccccc2)CCC1. The molecule has 102 valence electrons. The van der Waals surface area contributed by atoms with Gasteiger partial charge in [0.1, 0.15) is 0 Å². The first-order valence-corrected chi connectivity index (χ1v) is 8.95. The van der Waals surface area contributed by atoms with E-state index < -0.39 is 0 Å². The Hall–Kier alpha value is -1.05. The van der Waals surface area contributed by atoms with Gasteiger partial charge >= 0.3 is 121 Å². The number of benzene rings is 1. The summed E-state index contributed by atoms with van der Waals surface area (Å²) >= 11 is 0.585. The van der Waals surface area contributed by atoms with Gasteiger partial charge in [-0.15, -0.1) is 0 Å². The molecule has 0 amide bonds. The fraction of sp³-hybridized carbons (Fsp3) is 0.438. The van der Waals surface area contributed by atoms with Gasteiger partial charge in [0.2, 0.25) is 0 Å². The molecule has 1 aromatic carbocycles. The summed E-state index contributed by atoms with van der Waals surface area (Å²) in [6, 6.07) is 10.7. The second kappa shape index (κ2) is 8.19. The number of allylic oxidation sites excluding steroid dienone is 2. The molecule has 1 aliphatic carbocycles. The van der Waals surface area contributed by atoms with Crippen molar-refractivity contribution in [2.45, 2.75) is 37.4 Å². The Morgan fingerprint density at radius 3 is 2.74 bits per heavy atom. The van der Waals surface area contributed by atoms with E-state index in [0.29, 0.717) is 21.4 Å². The van der Waals surface area contributed by atoms with Gasteiger partial charge in [0.25, 0.3) is 0 Å². The fourth-order valence-electron chi connectivity index (χ4n) is 1.99. The molecule has 19 heavy (non-hydrogen) atoms. The topological polar surface area (TPSA) is 26.3 Å². The second-order valence-corrected chi connectivity index (χ2v) is 7.10. The molecular weight excluding hydrogens is 303 g/mol. The van der Waals surface area contributed by atoms with Crippen LogP contribution in [0.3, 0.4) is 0 Å². The van der Waals surface area contributed by atoms with Gasteiger partial charge in [0, 0.05) is 0 Å². The van der Waals surface area contributed by atoms with Gasteiger partial charge in [-0.05, 0) is 0 Å². The van der Waals surface area contributed by atoms with E-state index in [9.17, 15) is 4.79 Å². The molecule has 0 spiro atoms. The zero-order chi connectivity index (χ0) is 13.3. The summed E-state index contributed by atoms with van der Waals surface area (Å²) < 4.78 is 7.12. The van der Waals surface area contributed by atoms with Gasteiger partial charge in [0.05, 0.1) is 0 Å².